The van der Waals surface area contributed by atoms with Crippen LogP contribution in [0.25, 0.3) is 22.0 Å². The fourth-order valence-corrected chi connectivity index (χ4v) is 3.79. The van der Waals surface area contributed by atoms with E-state index in [2.05, 4.69) is 35.8 Å². The van der Waals surface area contributed by atoms with Crippen molar-refractivity contribution >= 4 is 16.6 Å². The van der Waals surface area contributed by atoms with E-state index in [9.17, 15) is 8.78 Å². The molecule has 0 spiro atoms. The van der Waals surface area contributed by atoms with Crippen LogP contribution in [0.1, 0.15) is 60.3 Å². The van der Waals surface area contributed by atoms with Gasteiger partial charge < -0.3 is 9.64 Å². The van der Waals surface area contributed by atoms with Crippen molar-refractivity contribution in [1.82, 2.24) is 9.97 Å². The first-order valence-corrected chi connectivity index (χ1v) is 11.5. The molecule has 0 aliphatic rings. The van der Waals surface area contributed by atoms with Crippen molar-refractivity contribution in [3.63, 3.8) is 0 Å². The van der Waals surface area contributed by atoms with Crippen molar-refractivity contribution in [2.24, 2.45) is 0 Å². The monoisotopic (exact) mass is 443 g/mol. The number of halogens is 2. The van der Waals surface area contributed by atoms with E-state index in [1.165, 1.54) is 0 Å². The Kier molecular flexibility index (Phi) is 9.36. The highest BCUT2D eigenvalue weighted by molar-refractivity contribution is 5.96. The van der Waals surface area contributed by atoms with Crippen molar-refractivity contribution < 1.29 is 13.5 Å². The number of anilines is 1. The predicted octanol–water partition coefficient (Wildman–Crippen LogP) is 7.72. The summed E-state index contributed by atoms with van der Waals surface area (Å²) in [5, 5.41) is 1.76. The minimum atomic E-state index is -3.28. The van der Waals surface area contributed by atoms with Crippen LogP contribution < -0.4 is 9.64 Å². The van der Waals surface area contributed by atoms with Gasteiger partial charge in [0.25, 0.3) is 0 Å². The van der Waals surface area contributed by atoms with Crippen molar-refractivity contribution in [3.8, 4) is 17.0 Å². The van der Waals surface area contributed by atoms with Crippen LogP contribution >= 0.6 is 0 Å². The maximum atomic E-state index is 13.6. The van der Waals surface area contributed by atoms with E-state index < -0.39 is 6.11 Å². The molecule has 2 heterocycles. The Morgan fingerprint density at radius 1 is 1.03 bits per heavy atom. The van der Waals surface area contributed by atoms with Gasteiger partial charge in [0.05, 0.1) is 5.69 Å². The van der Waals surface area contributed by atoms with Gasteiger partial charge in [-0.15, -0.1) is 0 Å². The van der Waals surface area contributed by atoms with Crippen LogP contribution in [0.4, 0.5) is 14.6 Å². The molecule has 0 fully saturated rings. The number of para-hydroxylation sites is 1. The van der Waals surface area contributed by atoms with Gasteiger partial charge in [-0.1, -0.05) is 52.7 Å². The van der Waals surface area contributed by atoms with E-state index in [1.54, 1.807) is 30.5 Å². The minimum Gasteiger partial charge on any atom is -0.432 e. The predicted molar refractivity (Wildman–Crippen MR) is 130 cm³/mol. The van der Waals surface area contributed by atoms with Crippen LogP contribution in [0.2, 0.25) is 0 Å². The second kappa shape index (κ2) is 11.7. The van der Waals surface area contributed by atoms with Gasteiger partial charge in [-0.05, 0) is 37.1 Å². The standard InChI is InChI=1S/C24H29F2N3O.C2H6/c1-5-9-18(10-6-2)29(4)22-15-20-17(16-28-22)13-14-27-23(20)19-11-7-8-12-21(19)30-24(3,25)26;1-2/h7-8,11-16,18H,5-6,9-10H2,1-4H3;1-2H3. The lowest BCUT2D eigenvalue weighted by Crippen LogP contribution is -2.32. The van der Waals surface area contributed by atoms with Crippen molar-refractivity contribution in [1.29, 1.82) is 0 Å². The Morgan fingerprint density at radius 3 is 2.31 bits per heavy atom. The average molecular weight is 444 g/mol. The minimum absolute atomic E-state index is 0.103. The average Bonchev–Trinajstić information content (AvgIpc) is 2.78. The highest BCUT2D eigenvalue weighted by Gasteiger charge is 2.25. The first-order valence-electron chi connectivity index (χ1n) is 11.5. The number of pyridine rings is 2. The second-order valence-corrected chi connectivity index (χ2v) is 7.67. The number of nitrogens with zero attached hydrogens (tertiary/aromatic N) is 3. The number of rotatable bonds is 9. The van der Waals surface area contributed by atoms with Crippen LogP contribution in [0.3, 0.4) is 0 Å². The molecule has 6 heteroatoms. The quantitative estimate of drug-likeness (QED) is 0.339. The molecule has 174 valence electrons. The molecule has 0 aliphatic carbocycles. The topological polar surface area (TPSA) is 38.2 Å². The van der Waals surface area contributed by atoms with Gasteiger partial charge in [0.15, 0.2) is 0 Å². The summed E-state index contributed by atoms with van der Waals surface area (Å²) >= 11 is 0. The molecule has 0 unspecified atom stereocenters. The van der Waals surface area contributed by atoms with Gasteiger partial charge in [0.1, 0.15) is 11.6 Å². The van der Waals surface area contributed by atoms with Gasteiger partial charge in [-0.2, -0.15) is 8.78 Å². The van der Waals surface area contributed by atoms with Gasteiger partial charge in [0.2, 0.25) is 0 Å². The first kappa shape index (κ1) is 25.5. The zero-order valence-electron chi connectivity index (χ0n) is 20.0. The zero-order valence-corrected chi connectivity index (χ0v) is 20.0. The van der Waals surface area contributed by atoms with Gasteiger partial charge in [-0.3, -0.25) is 4.98 Å². The van der Waals surface area contributed by atoms with E-state index in [0.29, 0.717) is 17.3 Å². The van der Waals surface area contributed by atoms with Crippen LogP contribution in [-0.2, 0) is 0 Å². The first-order chi connectivity index (χ1) is 15.3. The summed E-state index contributed by atoms with van der Waals surface area (Å²) in [6.07, 6.45) is 4.59. The summed E-state index contributed by atoms with van der Waals surface area (Å²) in [6, 6.07) is 11.0. The molecule has 0 amide bonds. The molecular formula is C26H35F2N3O. The zero-order chi connectivity index (χ0) is 23.7. The summed E-state index contributed by atoms with van der Waals surface area (Å²) in [6.45, 7) is 9.11. The number of ether oxygens (including phenoxy) is 1. The van der Waals surface area contributed by atoms with Crippen LogP contribution in [-0.4, -0.2) is 29.2 Å². The lowest BCUT2D eigenvalue weighted by atomic mass is 10.0. The number of hydrogen-bond donors (Lipinski definition) is 0. The molecule has 0 bridgehead atoms. The number of alkyl halides is 2. The Hall–Kier alpha value is -2.76. The molecule has 3 rings (SSSR count). The van der Waals surface area contributed by atoms with Crippen molar-refractivity contribution in [3.05, 3.63) is 48.8 Å². The molecule has 0 saturated carbocycles. The van der Waals surface area contributed by atoms with E-state index in [0.717, 1.165) is 49.2 Å². The molecule has 0 aliphatic heterocycles. The molecule has 3 aromatic rings. The van der Waals surface area contributed by atoms with Crippen LogP contribution in [0, 0.1) is 0 Å². The third-order valence-electron chi connectivity index (χ3n) is 5.22. The summed E-state index contributed by atoms with van der Waals surface area (Å²) in [7, 11) is 2.06. The van der Waals surface area contributed by atoms with Crippen molar-refractivity contribution in [2.75, 3.05) is 11.9 Å². The molecule has 2 aromatic heterocycles. The second-order valence-electron chi connectivity index (χ2n) is 7.67. The van der Waals surface area contributed by atoms with Gasteiger partial charge >= 0.3 is 6.11 Å². The Bertz CT molecular complexity index is 982. The number of fused-ring (bicyclic) bond motifs is 1. The van der Waals surface area contributed by atoms with E-state index in [-0.39, 0.29) is 5.75 Å². The molecule has 0 saturated heterocycles. The highest BCUT2D eigenvalue weighted by atomic mass is 19.3. The fourth-order valence-electron chi connectivity index (χ4n) is 3.79. The fraction of sp³-hybridized carbons (Fsp3) is 0.462. The SMILES string of the molecule is CC.CCCC(CCC)N(C)c1cc2c(-c3ccccc3OC(C)(F)F)nccc2cn1. The smallest absolute Gasteiger partial charge is 0.394 e. The van der Waals surface area contributed by atoms with Crippen LogP contribution in [0.5, 0.6) is 5.75 Å². The Labute approximate surface area is 190 Å². The van der Waals surface area contributed by atoms with Crippen LogP contribution in [0.15, 0.2) is 48.8 Å². The number of aromatic nitrogens is 2. The molecule has 32 heavy (non-hydrogen) atoms. The molecule has 0 radical (unpaired) electrons. The molecule has 4 nitrogen and oxygen atoms in total. The number of benzene rings is 1. The largest absolute Gasteiger partial charge is 0.432 e. The summed E-state index contributed by atoms with van der Waals surface area (Å²) < 4.78 is 32.0. The van der Waals surface area contributed by atoms with E-state index in [1.807, 2.05) is 32.2 Å². The number of hydrogen-bond acceptors (Lipinski definition) is 4. The lowest BCUT2D eigenvalue weighted by molar-refractivity contribution is -0.158. The molecule has 0 N–H and O–H groups in total. The Balaban J connectivity index is 0.00000176. The molecular weight excluding hydrogens is 408 g/mol. The summed E-state index contributed by atoms with van der Waals surface area (Å²) in [4.78, 5) is 11.4. The molecule has 0 atom stereocenters. The lowest BCUT2D eigenvalue weighted by Gasteiger charge is -2.29. The van der Waals surface area contributed by atoms with E-state index >= 15 is 0 Å². The molecule has 1 aromatic carbocycles. The van der Waals surface area contributed by atoms with Crippen molar-refractivity contribution in [2.45, 2.75) is 72.5 Å². The summed E-state index contributed by atoms with van der Waals surface area (Å²) in [5.41, 5.74) is 1.13. The maximum absolute atomic E-state index is 13.6. The normalized spacial score (nSPS) is 11.3. The third-order valence-corrected chi connectivity index (χ3v) is 5.22. The maximum Gasteiger partial charge on any atom is 0.394 e. The summed E-state index contributed by atoms with van der Waals surface area (Å²) in [5.74, 6) is 0.953. The Morgan fingerprint density at radius 2 is 1.69 bits per heavy atom. The third kappa shape index (κ3) is 6.38. The van der Waals surface area contributed by atoms with Gasteiger partial charge in [0, 0.05) is 48.7 Å². The van der Waals surface area contributed by atoms with E-state index in [4.69, 9.17) is 4.74 Å². The highest BCUT2D eigenvalue weighted by Crippen LogP contribution is 2.36. The van der Waals surface area contributed by atoms with Gasteiger partial charge in [-0.25, -0.2) is 4.98 Å².